The van der Waals surface area contributed by atoms with Crippen LogP contribution in [0, 0.1) is 0 Å². The lowest BCUT2D eigenvalue weighted by Gasteiger charge is -2.02. The molecule has 0 atom stereocenters. The zero-order valence-corrected chi connectivity index (χ0v) is 11.9. The molecule has 3 aromatic rings. The molecule has 0 saturated heterocycles. The van der Waals surface area contributed by atoms with Crippen molar-refractivity contribution in [2.45, 2.75) is 6.92 Å². The van der Waals surface area contributed by atoms with E-state index in [1.165, 1.54) is 0 Å². The second-order valence-electron chi connectivity index (χ2n) is 4.30. The van der Waals surface area contributed by atoms with Crippen LogP contribution in [0.4, 0.5) is 0 Å². The van der Waals surface area contributed by atoms with Crippen LogP contribution in [-0.2, 0) is 0 Å². The fraction of sp³-hybridized carbons (Fsp3) is 0.0667. The predicted molar refractivity (Wildman–Crippen MR) is 78.3 cm³/mol. The van der Waals surface area contributed by atoms with Gasteiger partial charge in [-0.3, -0.25) is 9.20 Å². The Morgan fingerprint density at radius 2 is 2.05 bits per heavy atom. The molecule has 94 valence electrons. The van der Waals surface area contributed by atoms with Gasteiger partial charge in [-0.15, -0.1) is 0 Å². The van der Waals surface area contributed by atoms with Crippen molar-refractivity contribution < 1.29 is 4.79 Å². The molecule has 0 radical (unpaired) electrons. The van der Waals surface area contributed by atoms with Gasteiger partial charge >= 0.3 is 0 Å². The number of carbonyl (C=O) groups is 1. The number of Topliss-reactive ketones (excluding diaryl/α,β-unsaturated/α-hetero) is 1. The maximum absolute atomic E-state index is 11.9. The zero-order valence-electron chi connectivity index (χ0n) is 10.3. The van der Waals surface area contributed by atoms with Gasteiger partial charge in [-0.1, -0.05) is 34.1 Å². The summed E-state index contributed by atoms with van der Waals surface area (Å²) in [4.78, 5) is 16.5. The highest BCUT2D eigenvalue weighted by Gasteiger charge is 2.17. The summed E-state index contributed by atoms with van der Waals surface area (Å²) in [5.41, 5.74) is 3.06. The molecule has 0 spiro atoms. The zero-order chi connectivity index (χ0) is 13.4. The number of hydrogen-bond acceptors (Lipinski definition) is 2. The highest BCUT2D eigenvalue weighted by atomic mass is 79.9. The van der Waals surface area contributed by atoms with Crippen molar-refractivity contribution in [2.24, 2.45) is 0 Å². The third kappa shape index (κ3) is 2.08. The van der Waals surface area contributed by atoms with Crippen LogP contribution in [-0.4, -0.2) is 15.2 Å². The van der Waals surface area contributed by atoms with Crippen LogP contribution in [0.5, 0.6) is 0 Å². The quantitative estimate of drug-likeness (QED) is 0.671. The Morgan fingerprint density at radius 3 is 2.79 bits per heavy atom. The van der Waals surface area contributed by atoms with Gasteiger partial charge in [0.05, 0.1) is 0 Å². The lowest BCUT2D eigenvalue weighted by Crippen LogP contribution is -2.00. The standard InChI is InChI=1S/C15H11BrN2O/c1-10(19)15-14(11-5-4-6-12(16)9-11)17-13-7-2-3-8-18(13)15/h2-9H,1H3. The van der Waals surface area contributed by atoms with E-state index in [0.717, 1.165) is 21.4 Å². The summed E-state index contributed by atoms with van der Waals surface area (Å²) in [5.74, 6) is 0.00803. The molecule has 2 heterocycles. The summed E-state index contributed by atoms with van der Waals surface area (Å²) >= 11 is 3.45. The Labute approximate surface area is 119 Å². The molecule has 3 rings (SSSR count). The first-order valence-corrected chi connectivity index (χ1v) is 6.70. The van der Waals surface area contributed by atoms with Crippen LogP contribution >= 0.6 is 15.9 Å². The van der Waals surface area contributed by atoms with Gasteiger partial charge < -0.3 is 0 Å². The monoisotopic (exact) mass is 314 g/mol. The molecule has 0 saturated carbocycles. The second-order valence-corrected chi connectivity index (χ2v) is 5.22. The molecule has 0 N–H and O–H groups in total. The van der Waals surface area contributed by atoms with Crippen LogP contribution in [0.2, 0.25) is 0 Å². The maximum Gasteiger partial charge on any atom is 0.178 e. The molecule has 0 aliphatic carbocycles. The average Bonchev–Trinajstić information content (AvgIpc) is 2.78. The van der Waals surface area contributed by atoms with Gasteiger partial charge in [0.1, 0.15) is 17.0 Å². The normalized spacial score (nSPS) is 10.8. The van der Waals surface area contributed by atoms with Crippen LogP contribution in [0.1, 0.15) is 17.4 Å². The van der Waals surface area contributed by atoms with Crippen molar-refractivity contribution in [1.29, 1.82) is 0 Å². The third-order valence-corrected chi connectivity index (χ3v) is 3.45. The van der Waals surface area contributed by atoms with Gasteiger partial charge in [0.15, 0.2) is 5.78 Å². The first-order chi connectivity index (χ1) is 9.16. The topological polar surface area (TPSA) is 34.4 Å². The Hall–Kier alpha value is -1.94. The van der Waals surface area contributed by atoms with Crippen LogP contribution < -0.4 is 0 Å². The Kier molecular flexibility index (Phi) is 2.95. The van der Waals surface area contributed by atoms with Crippen LogP contribution in [0.15, 0.2) is 53.1 Å². The van der Waals surface area contributed by atoms with Crippen molar-refractivity contribution in [3.8, 4) is 11.3 Å². The fourth-order valence-electron chi connectivity index (χ4n) is 2.17. The predicted octanol–water partition coefficient (Wildman–Crippen LogP) is 3.97. The molecule has 0 aliphatic rings. The number of fused-ring (bicyclic) bond motifs is 1. The number of carbonyl (C=O) groups excluding carboxylic acids is 1. The first kappa shape index (κ1) is 12.1. The van der Waals surface area contributed by atoms with Crippen molar-refractivity contribution in [3.05, 3.63) is 58.8 Å². The molecule has 1 aromatic carbocycles. The maximum atomic E-state index is 11.9. The molecule has 4 heteroatoms. The minimum Gasteiger partial charge on any atom is -0.297 e. The summed E-state index contributed by atoms with van der Waals surface area (Å²) in [6.45, 7) is 1.57. The molecule has 0 aliphatic heterocycles. The van der Waals surface area contributed by atoms with E-state index in [4.69, 9.17) is 0 Å². The molecule has 3 nitrogen and oxygen atoms in total. The number of ketones is 1. The molecular formula is C15H11BrN2O. The SMILES string of the molecule is CC(=O)c1c(-c2cccc(Br)c2)nc2ccccn12. The van der Waals surface area contributed by atoms with E-state index in [1.807, 2.05) is 53.1 Å². The number of benzene rings is 1. The lowest BCUT2D eigenvalue weighted by atomic mass is 10.1. The first-order valence-electron chi connectivity index (χ1n) is 5.91. The number of rotatable bonds is 2. The number of aromatic nitrogens is 2. The van der Waals surface area contributed by atoms with E-state index >= 15 is 0 Å². The lowest BCUT2D eigenvalue weighted by molar-refractivity contribution is 0.101. The summed E-state index contributed by atoms with van der Waals surface area (Å²) < 4.78 is 2.80. The van der Waals surface area contributed by atoms with Gasteiger partial charge in [-0.05, 0) is 24.3 Å². The number of pyridine rings is 1. The molecule has 0 unspecified atom stereocenters. The molecular weight excluding hydrogens is 304 g/mol. The summed E-state index contributed by atoms with van der Waals surface area (Å²) in [6.07, 6.45) is 1.86. The number of imidazole rings is 1. The van der Waals surface area contributed by atoms with E-state index in [0.29, 0.717) is 5.69 Å². The van der Waals surface area contributed by atoms with Crippen molar-refractivity contribution in [1.82, 2.24) is 9.38 Å². The van der Waals surface area contributed by atoms with Crippen molar-refractivity contribution >= 4 is 27.4 Å². The van der Waals surface area contributed by atoms with Gasteiger partial charge in [-0.25, -0.2) is 4.98 Å². The molecule has 2 aromatic heterocycles. The van der Waals surface area contributed by atoms with Crippen LogP contribution in [0.3, 0.4) is 0 Å². The van der Waals surface area contributed by atoms with Gasteiger partial charge in [-0.2, -0.15) is 0 Å². The van der Waals surface area contributed by atoms with Crippen molar-refractivity contribution in [2.75, 3.05) is 0 Å². The molecule has 0 fully saturated rings. The van der Waals surface area contributed by atoms with E-state index in [-0.39, 0.29) is 5.78 Å². The Bertz CT molecular complexity index is 777. The minimum atomic E-state index is 0.00803. The second kappa shape index (κ2) is 4.63. The molecule has 0 amide bonds. The van der Waals surface area contributed by atoms with Crippen LogP contribution in [0.25, 0.3) is 16.9 Å². The highest BCUT2D eigenvalue weighted by molar-refractivity contribution is 9.10. The smallest absolute Gasteiger partial charge is 0.178 e. The highest BCUT2D eigenvalue weighted by Crippen LogP contribution is 2.27. The van der Waals surface area contributed by atoms with Gasteiger partial charge in [0, 0.05) is 23.2 Å². The van der Waals surface area contributed by atoms with Gasteiger partial charge in [0.2, 0.25) is 0 Å². The van der Waals surface area contributed by atoms with Crippen molar-refractivity contribution in [3.63, 3.8) is 0 Å². The van der Waals surface area contributed by atoms with Gasteiger partial charge in [0.25, 0.3) is 0 Å². The van der Waals surface area contributed by atoms with E-state index in [1.54, 1.807) is 6.92 Å². The molecule has 19 heavy (non-hydrogen) atoms. The van der Waals surface area contributed by atoms with E-state index in [2.05, 4.69) is 20.9 Å². The Balaban J connectivity index is 2.34. The Morgan fingerprint density at radius 1 is 1.21 bits per heavy atom. The fourth-order valence-corrected chi connectivity index (χ4v) is 2.57. The summed E-state index contributed by atoms with van der Waals surface area (Å²) in [7, 11) is 0. The average molecular weight is 315 g/mol. The summed E-state index contributed by atoms with van der Waals surface area (Å²) in [6, 6.07) is 13.5. The number of nitrogens with zero attached hydrogens (tertiary/aromatic N) is 2. The minimum absolute atomic E-state index is 0.00803. The van der Waals surface area contributed by atoms with E-state index in [9.17, 15) is 4.79 Å². The number of hydrogen-bond donors (Lipinski definition) is 0. The largest absolute Gasteiger partial charge is 0.297 e. The number of halogens is 1. The summed E-state index contributed by atoms with van der Waals surface area (Å²) in [5, 5.41) is 0. The van der Waals surface area contributed by atoms with E-state index < -0.39 is 0 Å². The third-order valence-electron chi connectivity index (χ3n) is 2.96. The molecule has 0 bridgehead atoms.